The summed E-state index contributed by atoms with van der Waals surface area (Å²) in [6.45, 7) is 0. The van der Waals surface area contributed by atoms with Crippen LogP contribution in [0.4, 0.5) is 10.1 Å². The number of carbonyl (C=O) groups is 1. The van der Waals surface area contributed by atoms with Crippen molar-refractivity contribution in [2.45, 2.75) is 12.8 Å². The Morgan fingerprint density at radius 3 is 2.74 bits per heavy atom. The van der Waals surface area contributed by atoms with Crippen LogP contribution in [-0.2, 0) is 11.2 Å². The first-order valence-corrected chi connectivity index (χ1v) is 8.33. The average molecular weight is 367 g/mol. The lowest BCUT2D eigenvalue weighted by Crippen LogP contribution is -2.12. The summed E-state index contributed by atoms with van der Waals surface area (Å²) in [7, 11) is 1.41. The number of hydrogen-bond acceptors (Lipinski definition) is 4. The van der Waals surface area contributed by atoms with Crippen molar-refractivity contribution in [3.63, 3.8) is 0 Å². The second kappa shape index (κ2) is 8.27. The predicted molar refractivity (Wildman–Crippen MR) is 100 cm³/mol. The van der Waals surface area contributed by atoms with Gasteiger partial charge in [-0.2, -0.15) is 5.10 Å². The number of anilines is 1. The van der Waals surface area contributed by atoms with Gasteiger partial charge in [0.1, 0.15) is 0 Å². The molecule has 0 radical (unpaired) electrons. The van der Waals surface area contributed by atoms with Crippen molar-refractivity contribution in [3.05, 3.63) is 76.3 Å². The molecule has 138 valence electrons. The summed E-state index contributed by atoms with van der Waals surface area (Å²) in [5.41, 5.74) is 2.42. The van der Waals surface area contributed by atoms with Crippen molar-refractivity contribution in [3.8, 4) is 17.0 Å². The third-order valence-corrected chi connectivity index (χ3v) is 3.98. The number of ether oxygens (including phenoxy) is 1. The first-order chi connectivity index (χ1) is 13.0. The van der Waals surface area contributed by atoms with Crippen LogP contribution in [0, 0.1) is 5.82 Å². The van der Waals surface area contributed by atoms with E-state index in [1.165, 1.54) is 19.2 Å². The monoisotopic (exact) mass is 367 g/mol. The molecule has 2 aromatic carbocycles. The standard InChI is InChI=1S/C20H18FN3O3/c1-27-18-8-5-13(11-16(18)21)6-9-19(25)22-15-4-2-3-14(12-15)17-7-10-20(26)24-23-17/h2-5,7-8,10-12H,6,9H2,1H3,(H,22,25)(H,24,26). The van der Waals surface area contributed by atoms with Crippen LogP contribution in [0.3, 0.4) is 0 Å². The van der Waals surface area contributed by atoms with Gasteiger partial charge in [-0.05, 0) is 42.3 Å². The number of rotatable bonds is 6. The molecule has 0 saturated heterocycles. The van der Waals surface area contributed by atoms with Crippen LogP contribution in [0.15, 0.2) is 59.4 Å². The smallest absolute Gasteiger partial charge is 0.264 e. The van der Waals surface area contributed by atoms with Gasteiger partial charge in [0.05, 0.1) is 12.8 Å². The number of benzene rings is 2. The Kier molecular flexibility index (Phi) is 5.61. The van der Waals surface area contributed by atoms with Crippen molar-refractivity contribution < 1.29 is 13.9 Å². The molecule has 0 fully saturated rings. The van der Waals surface area contributed by atoms with E-state index in [0.717, 1.165) is 11.1 Å². The highest BCUT2D eigenvalue weighted by Gasteiger charge is 2.08. The first kappa shape index (κ1) is 18.3. The van der Waals surface area contributed by atoms with Crippen LogP contribution in [0.1, 0.15) is 12.0 Å². The van der Waals surface area contributed by atoms with Gasteiger partial charge >= 0.3 is 0 Å². The molecule has 0 aliphatic rings. The van der Waals surface area contributed by atoms with Crippen LogP contribution in [0.25, 0.3) is 11.3 Å². The lowest BCUT2D eigenvalue weighted by Gasteiger charge is -2.08. The highest BCUT2D eigenvalue weighted by molar-refractivity contribution is 5.91. The topological polar surface area (TPSA) is 84.1 Å². The zero-order valence-corrected chi connectivity index (χ0v) is 14.7. The fourth-order valence-corrected chi connectivity index (χ4v) is 2.61. The largest absolute Gasteiger partial charge is 0.494 e. The Hall–Kier alpha value is -3.48. The predicted octanol–water partition coefficient (Wildman–Crippen LogP) is 3.16. The molecule has 0 aliphatic heterocycles. The molecule has 3 aromatic rings. The number of aromatic amines is 1. The zero-order valence-electron chi connectivity index (χ0n) is 14.7. The summed E-state index contributed by atoms with van der Waals surface area (Å²) in [5.74, 6) is -0.454. The quantitative estimate of drug-likeness (QED) is 0.701. The second-order valence-corrected chi connectivity index (χ2v) is 5.90. The zero-order chi connectivity index (χ0) is 19.2. The summed E-state index contributed by atoms with van der Waals surface area (Å²) >= 11 is 0. The summed E-state index contributed by atoms with van der Waals surface area (Å²) in [4.78, 5) is 23.3. The Morgan fingerprint density at radius 1 is 1.19 bits per heavy atom. The van der Waals surface area contributed by atoms with Gasteiger partial charge in [-0.3, -0.25) is 9.59 Å². The number of nitrogens with one attached hydrogen (secondary N) is 2. The fourth-order valence-electron chi connectivity index (χ4n) is 2.61. The summed E-state index contributed by atoms with van der Waals surface area (Å²) < 4.78 is 18.6. The Bertz CT molecular complexity index is 997. The third kappa shape index (κ3) is 4.78. The van der Waals surface area contributed by atoms with E-state index in [1.807, 2.05) is 6.07 Å². The van der Waals surface area contributed by atoms with Gasteiger partial charge in [-0.25, -0.2) is 9.49 Å². The van der Waals surface area contributed by atoms with Crippen LogP contribution < -0.4 is 15.6 Å². The van der Waals surface area contributed by atoms with Crippen molar-refractivity contribution in [2.24, 2.45) is 0 Å². The maximum Gasteiger partial charge on any atom is 0.264 e. The highest BCUT2D eigenvalue weighted by Crippen LogP contribution is 2.21. The van der Waals surface area contributed by atoms with E-state index < -0.39 is 5.82 Å². The molecule has 2 N–H and O–H groups in total. The van der Waals surface area contributed by atoms with Gasteiger partial charge in [0.2, 0.25) is 5.91 Å². The minimum atomic E-state index is -0.448. The fraction of sp³-hybridized carbons (Fsp3) is 0.150. The van der Waals surface area contributed by atoms with Crippen molar-refractivity contribution in [1.82, 2.24) is 10.2 Å². The maximum absolute atomic E-state index is 13.7. The summed E-state index contributed by atoms with van der Waals surface area (Å²) in [6.07, 6.45) is 0.626. The van der Waals surface area contributed by atoms with Crippen molar-refractivity contribution >= 4 is 11.6 Å². The van der Waals surface area contributed by atoms with E-state index >= 15 is 0 Å². The number of methoxy groups -OCH3 is 1. The molecular formula is C20H18FN3O3. The normalized spacial score (nSPS) is 10.4. The molecule has 0 spiro atoms. The molecule has 3 rings (SSSR count). The first-order valence-electron chi connectivity index (χ1n) is 8.33. The maximum atomic E-state index is 13.7. The highest BCUT2D eigenvalue weighted by atomic mass is 19.1. The Morgan fingerprint density at radius 2 is 2.04 bits per heavy atom. The van der Waals surface area contributed by atoms with Crippen LogP contribution in [0.2, 0.25) is 0 Å². The molecule has 0 aliphatic carbocycles. The third-order valence-electron chi connectivity index (χ3n) is 3.98. The van der Waals surface area contributed by atoms with Gasteiger partial charge in [0.25, 0.3) is 5.56 Å². The number of H-pyrrole nitrogens is 1. The van der Waals surface area contributed by atoms with E-state index in [0.29, 0.717) is 17.8 Å². The van der Waals surface area contributed by atoms with Gasteiger partial charge in [0, 0.05) is 23.7 Å². The molecule has 0 unspecified atom stereocenters. The summed E-state index contributed by atoms with van der Waals surface area (Å²) in [6, 6.07) is 14.8. The number of amides is 1. The molecule has 1 amide bonds. The minimum absolute atomic E-state index is 0.177. The van der Waals surface area contributed by atoms with Crippen molar-refractivity contribution in [1.29, 1.82) is 0 Å². The SMILES string of the molecule is COc1ccc(CCC(=O)Nc2cccc(-c3ccc(=O)[nH]n3)c2)cc1F. The minimum Gasteiger partial charge on any atom is -0.494 e. The second-order valence-electron chi connectivity index (χ2n) is 5.90. The molecule has 6 nitrogen and oxygen atoms in total. The van der Waals surface area contributed by atoms with E-state index in [9.17, 15) is 14.0 Å². The Labute approximate surface area is 155 Å². The van der Waals surface area contributed by atoms with Crippen LogP contribution in [0.5, 0.6) is 5.75 Å². The Balaban J connectivity index is 1.62. The lowest BCUT2D eigenvalue weighted by molar-refractivity contribution is -0.116. The van der Waals surface area contributed by atoms with Gasteiger partial charge in [-0.1, -0.05) is 18.2 Å². The van der Waals surface area contributed by atoms with E-state index in [4.69, 9.17) is 4.74 Å². The van der Waals surface area contributed by atoms with E-state index in [2.05, 4.69) is 15.5 Å². The lowest BCUT2D eigenvalue weighted by atomic mass is 10.1. The van der Waals surface area contributed by atoms with Crippen LogP contribution in [-0.4, -0.2) is 23.2 Å². The molecular weight excluding hydrogens is 349 g/mol. The average Bonchev–Trinajstić information content (AvgIpc) is 2.67. The number of aryl methyl sites for hydroxylation is 1. The molecule has 7 heteroatoms. The number of hydrogen-bond donors (Lipinski definition) is 2. The van der Waals surface area contributed by atoms with E-state index in [1.54, 1.807) is 36.4 Å². The van der Waals surface area contributed by atoms with Gasteiger partial charge < -0.3 is 10.1 Å². The van der Waals surface area contributed by atoms with Gasteiger partial charge in [-0.15, -0.1) is 0 Å². The summed E-state index contributed by atoms with van der Waals surface area (Å²) in [5, 5.41) is 9.16. The molecule has 0 atom stereocenters. The van der Waals surface area contributed by atoms with Crippen molar-refractivity contribution in [2.75, 3.05) is 12.4 Å². The number of carbonyl (C=O) groups excluding carboxylic acids is 1. The molecule has 0 bridgehead atoms. The number of aromatic nitrogens is 2. The molecule has 27 heavy (non-hydrogen) atoms. The number of halogens is 1. The molecule has 0 saturated carbocycles. The molecule has 1 heterocycles. The number of nitrogens with zero attached hydrogens (tertiary/aromatic N) is 1. The van der Waals surface area contributed by atoms with Crippen LogP contribution >= 0.6 is 0 Å². The molecule has 1 aromatic heterocycles. The van der Waals surface area contributed by atoms with E-state index in [-0.39, 0.29) is 23.6 Å². The van der Waals surface area contributed by atoms with Gasteiger partial charge in [0.15, 0.2) is 11.6 Å².